The van der Waals surface area contributed by atoms with Gasteiger partial charge in [-0.1, -0.05) is 18.5 Å². The third kappa shape index (κ3) is 2.78. The molecule has 1 heterocycles. The summed E-state index contributed by atoms with van der Waals surface area (Å²) in [5, 5.41) is 0.311. The van der Waals surface area contributed by atoms with E-state index in [4.69, 9.17) is 11.6 Å². The van der Waals surface area contributed by atoms with Crippen molar-refractivity contribution in [3.63, 3.8) is 0 Å². The first-order valence-electron chi connectivity index (χ1n) is 5.82. The largest absolute Gasteiger partial charge is 0.339 e. The van der Waals surface area contributed by atoms with Crippen LogP contribution < -0.4 is 0 Å². The molecule has 0 aromatic heterocycles. The molecule has 1 saturated heterocycles. The van der Waals surface area contributed by atoms with Gasteiger partial charge in [0, 0.05) is 18.1 Å². The summed E-state index contributed by atoms with van der Waals surface area (Å²) in [7, 11) is 0. The number of nitrogens with zero attached hydrogens (tertiary/aromatic N) is 1. The average molecular weight is 256 g/mol. The number of likely N-dealkylation sites (tertiary alicyclic amines) is 1. The van der Waals surface area contributed by atoms with Gasteiger partial charge in [0.1, 0.15) is 5.82 Å². The van der Waals surface area contributed by atoms with Crippen LogP contribution in [-0.4, -0.2) is 23.9 Å². The Labute approximate surface area is 105 Å². The van der Waals surface area contributed by atoms with Gasteiger partial charge in [0.25, 0.3) is 5.91 Å². The second kappa shape index (κ2) is 5.05. The first-order chi connectivity index (χ1) is 8.08. The lowest BCUT2D eigenvalue weighted by Crippen LogP contribution is -2.38. The Morgan fingerprint density at radius 3 is 2.65 bits per heavy atom. The third-order valence-corrected chi connectivity index (χ3v) is 3.47. The number of carbonyl (C=O) groups is 1. The average Bonchev–Trinajstić information content (AvgIpc) is 2.29. The van der Waals surface area contributed by atoms with Gasteiger partial charge in [0.2, 0.25) is 0 Å². The Hall–Kier alpha value is -1.09. The molecule has 0 spiro atoms. The van der Waals surface area contributed by atoms with Crippen molar-refractivity contribution in [1.82, 2.24) is 4.90 Å². The van der Waals surface area contributed by atoms with Crippen LogP contribution in [-0.2, 0) is 0 Å². The summed E-state index contributed by atoms with van der Waals surface area (Å²) in [6.45, 7) is 3.59. The summed E-state index contributed by atoms with van der Waals surface area (Å²) in [6.07, 6.45) is 1.97. The second-order valence-electron chi connectivity index (χ2n) is 4.60. The summed E-state index contributed by atoms with van der Waals surface area (Å²) in [4.78, 5) is 13.8. The maximum atomic E-state index is 13.6. The topological polar surface area (TPSA) is 20.3 Å². The highest BCUT2D eigenvalue weighted by molar-refractivity contribution is 6.30. The number of hydrogen-bond donors (Lipinski definition) is 0. The van der Waals surface area contributed by atoms with Crippen molar-refractivity contribution in [2.75, 3.05) is 13.1 Å². The summed E-state index contributed by atoms with van der Waals surface area (Å²) in [5.74, 6) is -0.124. The van der Waals surface area contributed by atoms with Gasteiger partial charge in [-0.3, -0.25) is 4.79 Å². The molecule has 0 atom stereocenters. The van der Waals surface area contributed by atoms with Gasteiger partial charge in [0.15, 0.2) is 0 Å². The van der Waals surface area contributed by atoms with E-state index < -0.39 is 5.82 Å². The maximum Gasteiger partial charge on any atom is 0.256 e. The molecule has 1 aliphatic heterocycles. The maximum absolute atomic E-state index is 13.6. The quantitative estimate of drug-likeness (QED) is 0.754. The van der Waals surface area contributed by atoms with Crippen LogP contribution in [0.5, 0.6) is 0 Å². The molecule has 0 unspecified atom stereocenters. The zero-order valence-corrected chi connectivity index (χ0v) is 10.5. The van der Waals surface area contributed by atoms with Crippen molar-refractivity contribution in [2.24, 2.45) is 5.92 Å². The molecule has 1 aromatic carbocycles. The molecule has 92 valence electrons. The van der Waals surface area contributed by atoms with E-state index in [1.807, 2.05) is 0 Å². The lowest BCUT2D eigenvalue weighted by Gasteiger charge is -2.30. The van der Waals surface area contributed by atoms with E-state index in [-0.39, 0.29) is 11.5 Å². The first kappa shape index (κ1) is 12.4. The Bertz CT molecular complexity index is 427. The lowest BCUT2D eigenvalue weighted by molar-refractivity contribution is 0.0692. The predicted molar refractivity (Wildman–Crippen MR) is 65.7 cm³/mol. The number of amides is 1. The second-order valence-corrected chi connectivity index (χ2v) is 5.04. The van der Waals surface area contributed by atoms with Gasteiger partial charge in [-0.05, 0) is 37.0 Å². The molecule has 0 N–H and O–H groups in total. The molecular weight excluding hydrogens is 241 g/mol. The summed E-state index contributed by atoms with van der Waals surface area (Å²) in [5.41, 5.74) is 0.115. The fourth-order valence-electron chi connectivity index (χ4n) is 2.04. The van der Waals surface area contributed by atoms with E-state index in [1.54, 1.807) is 11.0 Å². The lowest BCUT2D eigenvalue weighted by atomic mass is 9.98. The molecule has 0 bridgehead atoms. The van der Waals surface area contributed by atoms with E-state index in [2.05, 4.69) is 6.92 Å². The number of rotatable bonds is 1. The highest BCUT2D eigenvalue weighted by Gasteiger charge is 2.23. The fraction of sp³-hybridized carbons (Fsp3) is 0.462. The van der Waals surface area contributed by atoms with Crippen LogP contribution in [0.4, 0.5) is 4.39 Å². The molecule has 2 nitrogen and oxygen atoms in total. The van der Waals surface area contributed by atoms with E-state index in [9.17, 15) is 9.18 Å². The molecule has 17 heavy (non-hydrogen) atoms. The van der Waals surface area contributed by atoms with Gasteiger partial charge < -0.3 is 4.90 Å². The Morgan fingerprint density at radius 1 is 1.41 bits per heavy atom. The van der Waals surface area contributed by atoms with Gasteiger partial charge in [-0.25, -0.2) is 4.39 Å². The summed E-state index contributed by atoms with van der Waals surface area (Å²) < 4.78 is 13.6. The van der Waals surface area contributed by atoms with Gasteiger partial charge in [0.05, 0.1) is 5.56 Å². The minimum Gasteiger partial charge on any atom is -0.339 e. The molecular formula is C13H15ClFNO. The SMILES string of the molecule is CC1CCN(C(=O)c2ccc(Cl)cc2F)CC1. The number of halogens is 2. The zero-order chi connectivity index (χ0) is 12.4. The number of benzene rings is 1. The molecule has 0 radical (unpaired) electrons. The van der Waals surface area contributed by atoms with Gasteiger partial charge in [-0.15, -0.1) is 0 Å². The van der Waals surface area contributed by atoms with Crippen molar-refractivity contribution in [2.45, 2.75) is 19.8 Å². The van der Waals surface area contributed by atoms with Crippen LogP contribution in [0, 0.1) is 11.7 Å². The molecule has 1 amide bonds. The van der Waals surface area contributed by atoms with Gasteiger partial charge in [-0.2, -0.15) is 0 Å². The van der Waals surface area contributed by atoms with Crippen LogP contribution in [0.1, 0.15) is 30.1 Å². The monoisotopic (exact) mass is 255 g/mol. The van der Waals surface area contributed by atoms with Crippen LogP contribution in [0.25, 0.3) is 0 Å². The molecule has 4 heteroatoms. The van der Waals surface area contributed by atoms with E-state index in [0.717, 1.165) is 12.8 Å². The van der Waals surface area contributed by atoms with E-state index in [0.29, 0.717) is 24.0 Å². The van der Waals surface area contributed by atoms with E-state index in [1.165, 1.54) is 12.1 Å². The Kier molecular flexibility index (Phi) is 3.67. The summed E-state index contributed by atoms with van der Waals surface area (Å²) in [6, 6.07) is 4.18. The molecule has 1 aliphatic rings. The molecule has 1 fully saturated rings. The van der Waals surface area contributed by atoms with Crippen LogP contribution in [0.2, 0.25) is 5.02 Å². The van der Waals surface area contributed by atoms with Gasteiger partial charge >= 0.3 is 0 Å². The minimum absolute atomic E-state index is 0.115. The molecule has 0 saturated carbocycles. The standard InChI is InChI=1S/C13H15ClFNO/c1-9-4-6-16(7-5-9)13(17)11-3-2-10(14)8-12(11)15/h2-3,8-9H,4-7H2,1H3. The van der Waals surface area contributed by atoms with Crippen molar-refractivity contribution in [1.29, 1.82) is 0 Å². The molecule has 1 aromatic rings. The first-order valence-corrected chi connectivity index (χ1v) is 6.20. The normalized spacial score (nSPS) is 17.2. The Morgan fingerprint density at radius 2 is 2.06 bits per heavy atom. The van der Waals surface area contributed by atoms with E-state index >= 15 is 0 Å². The predicted octanol–water partition coefficient (Wildman–Crippen LogP) is 3.35. The zero-order valence-electron chi connectivity index (χ0n) is 9.75. The minimum atomic E-state index is -0.541. The van der Waals surface area contributed by atoms with Crippen molar-refractivity contribution >= 4 is 17.5 Å². The molecule has 2 rings (SSSR count). The number of hydrogen-bond acceptors (Lipinski definition) is 1. The van der Waals surface area contributed by atoms with Crippen LogP contribution >= 0.6 is 11.6 Å². The fourth-order valence-corrected chi connectivity index (χ4v) is 2.20. The van der Waals surface area contributed by atoms with Crippen molar-refractivity contribution in [3.8, 4) is 0 Å². The van der Waals surface area contributed by atoms with Crippen LogP contribution in [0.3, 0.4) is 0 Å². The molecule has 0 aliphatic carbocycles. The smallest absolute Gasteiger partial charge is 0.256 e. The summed E-state index contributed by atoms with van der Waals surface area (Å²) >= 11 is 5.66. The number of carbonyl (C=O) groups excluding carboxylic acids is 1. The highest BCUT2D eigenvalue weighted by Crippen LogP contribution is 2.20. The van der Waals surface area contributed by atoms with Crippen LogP contribution in [0.15, 0.2) is 18.2 Å². The number of piperidine rings is 1. The third-order valence-electron chi connectivity index (χ3n) is 3.23. The highest BCUT2D eigenvalue weighted by atomic mass is 35.5. The van der Waals surface area contributed by atoms with Crippen molar-refractivity contribution in [3.05, 3.63) is 34.6 Å². The Balaban J connectivity index is 2.14. The van der Waals surface area contributed by atoms with Crippen molar-refractivity contribution < 1.29 is 9.18 Å².